The van der Waals surface area contributed by atoms with Crippen molar-refractivity contribution in [2.24, 2.45) is 7.05 Å². The number of imidazole rings is 1. The van der Waals surface area contributed by atoms with Crippen molar-refractivity contribution in [2.45, 2.75) is 0 Å². The number of aromatic nitrogens is 4. The maximum Gasteiger partial charge on any atom is 0.158 e. The van der Waals surface area contributed by atoms with Crippen molar-refractivity contribution >= 4 is 44.3 Å². The molecule has 6 heteroatoms. The van der Waals surface area contributed by atoms with E-state index in [2.05, 4.69) is 16.0 Å². The summed E-state index contributed by atoms with van der Waals surface area (Å²) in [6.07, 6.45) is 1.73. The van der Waals surface area contributed by atoms with E-state index < -0.39 is 0 Å². The van der Waals surface area contributed by atoms with Gasteiger partial charge < -0.3 is 4.57 Å². The number of thiazole rings is 1. The summed E-state index contributed by atoms with van der Waals surface area (Å²) in [6.45, 7) is 0. The number of hydrogen-bond acceptors (Lipinski definition) is 4. The van der Waals surface area contributed by atoms with Crippen LogP contribution >= 0.6 is 22.9 Å². The SMILES string of the molecule is Cn1cnc2c(Cl)nc3sc(-c4cc[c]cc4)nc3c21. The monoisotopic (exact) mass is 299 g/mol. The minimum atomic E-state index is 0.421. The Morgan fingerprint density at radius 1 is 1.20 bits per heavy atom. The van der Waals surface area contributed by atoms with Crippen LogP contribution in [0.15, 0.2) is 30.6 Å². The molecule has 4 aromatic rings. The van der Waals surface area contributed by atoms with E-state index in [1.165, 1.54) is 11.3 Å². The molecule has 3 heterocycles. The van der Waals surface area contributed by atoms with Crippen LogP contribution in [-0.4, -0.2) is 19.5 Å². The third kappa shape index (κ3) is 1.63. The number of benzene rings is 1. The molecule has 0 aliphatic carbocycles. The van der Waals surface area contributed by atoms with Gasteiger partial charge in [-0.3, -0.25) is 0 Å². The first-order chi connectivity index (χ1) is 9.74. The first-order valence-corrected chi connectivity index (χ1v) is 7.17. The lowest BCUT2D eigenvalue weighted by Gasteiger charge is -1.96. The van der Waals surface area contributed by atoms with Crippen LogP contribution in [-0.2, 0) is 7.05 Å². The highest BCUT2D eigenvalue weighted by Crippen LogP contribution is 2.34. The molecule has 1 aromatic carbocycles. The summed E-state index contributed by atoms with van der Waals surface area (Å²) in [5.41, 5.74) is 3.51. The van der Waals surface area contributed by atoms with E-state index in [1.54, 1.807) is 6.33 Å². The Kier molecular flexibility index (Phi) is 2.52. The molecule has 4 nitrogen and oxygen atoms in total. The van der Waals surface area contributed by atoms with E-state index in [-0.39, 0.29) is 0 Å². The zero-order valence-corrected chi connectivity index (χ0v) is 12.0. The highest BCUT2D eigenvalue weighted by molar-refractivity contribution is 7.21. The Morgan fingerprint density at radius 2 is 2.00 bits per heavy atom. The molecule has 0 unspecified atom stereocenters. The molecule has 0 aliphatic heterocycles. The van der Waals surface area contributed by atoms with Crippen molar-refractivity contribution in [3.63, 3.8) is 0 Å². The second-order valence-corrected chi connectivity index (χ2v) is 5.75. The van der Waals surface area contributed by atoms with Crippen molar-refractivity contribution in [3.8, 4) is 10.6 Å². The van der Waals surface area contributed by atoms with Gasteiger partial charge in [-0.05, 0) is 6.07 Å². The molecular weight excluding hydrogens is 292 g/mol. The van der Waals surface area contributed by atoms with Gasteiger partial charge in [0.1, 0.15) is 26.4 Å². The summed E-state index contributed by atoms with van der Waals surface area (Å²) in [7, 11) is 1.93. The average Bonchev–Trinajstić information content (AvgIpc) is 3.04. The van der Waals surface area contributed by atoms with E-state index in [9.17, 15) is 0 Å². The molecule has 0 amide bonds. The zero-order valence-electron chi connectivity index (χ0n) is 10.5. The van der Waals surface area contributed by atoms with E-state index in [0.717, 1.165) is 26.4 Å². The Morgan fingerprint density at radius 3 is 2.80 bits per heavy atom. The molecule has 97 valence electrons. The summed E-state index contributed by atoms with van der Waals surface area (Å²) >= 11 is 7.72. The van der Waals surface area contributed by atoms with E-state index >= 15 is 0 Å². The summed E-state index contributed by atoms with van der Waals surface area (Å²) < 4.78 is 1.92. The Hall–Kier alpha value is -1.98. The van der Waals surface area contributed by atoms with Crippen molar-refractivity contribution < 1.29 is 0 Å². The molecule has 0 N–H and O–H groups in total. The van der Waals surface area contributed by atoms with Gasteiger partial charge in [-0.2, -0.15) is 0 Å². The van der Waals surface area contributed by atoms with Crippen LogP contribution < -0.4 is 0 Å². The van der Waals surface area contributed by atoms with Gasteiger partial charge in [0, 0.05) is 12.6 Å². The van der Waals surface area contributed by atoms with Crippen LogP contribution in [0.2, 0.25) is 5.15 Å². The lowest BCUT2D eigenvalue weighted by atomic mass is 10.2. The normalized spacial score (nSPS) is 11.5. The fraction of sp³-hybridized carbons (Fsp3) is 0.0714. The van der Waals surface area contributed by atoms with Crippen LogP contribution in [0.1, 0.15) is 0 Å². The van der Waals surface area contributed by atoms with E-state index in [4.69, 9.17) is 16.6 Å². The van der Waals surface area contributed by atoms with Crippen molar-refractivity contribution in [1.29, 1.82) is 0 Å². The molecule has 0 saturated heterocycles. The maximum absolute atomic E-state index is 6.19. The lowest BCUT2D eigenvalue weighted by molar-refractivity contribution is 0.949. The van der Waals surface area contributed by atoms with E-state index in [1.807, 2.05) is 35.9 Å². The van der Waals surface area contributed by atoms with Gasteiger partial charge in [-0.1, -0.05) is 47.2 Å². The molecule has 0 spiro atoms. The summed E-state index contributed by atoms with van der Waals surface area (Å²) in [5.74, 6) is 0. The quantitative estimate of drug-likeness (QED) is 0.503. The van der Waals surface area contributed by atoms with Crippen molar-refractivity contribution in [3.05, 3.63) is 41.8 Å². The van der Waals surface area contributed by atoms with Gasteiger partial charge in [0.05, 0.1) is 6.33 Å². The molecule has 0 atom stereocenters. The van der Waals surface area contributed by atoms with Gasteiger partial charge in [-0.15, -0.1) is 0 Å². The van der Waals surface area contributed by atoms with Gasteiger partial charge in [0.15, 0.2) is 5.15 Å². The highest BCUT2D eigenvalue weighted by atomic mass is 35.5. The molecular formula is C14H8ClN4S. The van der Waals surface area contributed by atoms with Gasteiger partial charge in [0.2, 0.25) is 0 Å². The first kappa shape index (κ1) is 11.8. The van der Waals surface area contributed by atoms with E-state index in [0.29, 0.717) is 10.7 Å². The van der Waals surface area contributed by atoms with Crippen LogP contribution in [0.4, 0.5) is 0 Å². The number of aryl methyl sites for hydroxylation is 1. The topological polar surface area (TPSA) is 43.6 Å². The molecule has 4 rings (SSSR count). The lowest BCUT2D eigenvalue weighted by Crippen LogP contribution is -1.87. The summed E-state index contributed by atoms with van der Waals surface area (Å²) in [5, 5.41) is 1.34. The summed E-state index contributed by atoms with van der Waals surface area (Å²) in [4.78, 5) is 14.2. The Labute approximate surface area is 123 Å². The molecule has 0 bridgehead atoms. The molecule has 0 fully saturated rings. The minimum absolute atomic E-state index is 0.421. The third-order valence-electron chi connectivity index (χ3n) is 3.13. The molecule has 0 saturated carbocycles. The minimum Gasteiger partial charge on any atom is -0.332 e. The second-order valence-electron chi connectivity index (χ2n) is 4.42. The molecule has 1 radical (unpaired) electrons. The first-order valence-electron chi connectivity index (χ1n) is 5.97. The second kappa shape index (κ2) is 4.26. The number of halogens is 1. The molecule has 3 aromatic heterocycles. The maximum atomic E-state index is 6.19. The number of fused-ring (bicyclic) bond motifs is 3. The Balaban J connectivity index is 2.09. The van der Waals surface area contributed by atoms with Crippen LogP contribution in [0, 0.1) is 6.07 Å². The largest absolute Gasteiger partial charge is 0.332 e. The fourth-order valence-corrected chi connectivity index (χ4v) is 3.42. The van der Waals surface area contributed by atoms with Crippen molar-refractivity contribution in [2.75, 3.05) is 0 Å². The standard InChI is InChI=1S/C14H8ClN4S/c1-19-7-16-9-11(19)10-14(18-12(9)15)20-13(17-10)8-5-3-2-4-6-8/h3-7H,1H3. The number of pyridine rings is 1. The predicted octanol–water partition coefficient (Wildman–Crippen LogP) is 3.70. The van der Waals surface area contributed by atoms with Crippen LogP contribution in [0.5, 0.6) is 0 Å². The molecule has 0 aliphatic rings. The van der Waals surface area contributed by atoms with Gasteiger partial charge in [-0.25, -0.2) is 15.0 Å². The van der Waals surface area contributed by atoms with Crippen LogP contribution in [0.25, 0.3) is 32.0 Å². The average molecular weight is 300 g/mol. The number of rotatable bonds is 1. The highest BCUT2D eigenvalue weighted by Gasteiger charge is 2.16. The predicted molar refractivity (Wildman–Crippen MR) is 81.0 cm³/mol. The van der Waals surface area contributed by atoms with Gasteiger partial charge >= 0.3 is 0 Å². The zero-order chi connectivity index (χ0) is 13.7. The smallest absolute Gasteiger partial charge is 0.158 e. The number of hydrogen-bond donors (Lipinski definition) is 0. The third-order valence-corrected chi connectivity index (χ3v) is 4.39. The fourth-order valence-electron chi connectivity index (χ4n) is 2.20. The number of nitrogens with zero attached hydrogens (tertiary/aromatic N) is 4. The summed E-state index contributed by atoms with van der Waals surface area (Å²) in [6, 6.07) is 10.7. The van der Waals surface area contributed by atoms with Gasteiger partial charge in [0.25, 0.3) is 0 Å². The van der Waals surface area contributed by atoms with Crippen molar-refractivity contribution in [1.82, 2.24) is 19.5 Å². The van der Waals surface area contributed by atoms with Crippen LogP contribution in [0.3, 0.4) is 0 Å². The Bertz CT molecular complexity index is 927. The molecule has 20 heavy (non-hydrogen) atoms.